The number of carbonyl (C=O) groups is 1. The average molecular weight is 295 g/mol. The number of nitrogens with zero attached hydrogens (tertiary/aromatic N) is 2. The Kier molecular flexibility index (Phi) is 5.88. The number of anilines is 1. The van der Waals surface area contributed by atoms with Crippen molar-refractivity contribution in [3.63, 3.8) is 0 Å². The van der Waals surface area contributed by atoms with E-state index in [-0.39, 0.29) is 23.5 Å². The lowest BCUT2D eigenvalue weighted by Gasteiger charge is -2.28. The minimum absolute atomic E-state index is 0.0711. The fourth-order valence-electron chi connectivity index (χ4n) is 1.80. The second kappa shape index (κ2) is 7.19. The van der Waals surface area contributed by atoms with Crippen molar-refractivity contribution >= 4 is 29.0 Å². The number of rotatable bonds is 6. The van der Waals surface area contributed by atoms with Crippen LogP contribution in [0.5, 0.6) is 0 Å². The summed E-state index contributed by atoms with van der Waals surface area (Å²) < 4.78 is 5.00. The number of hydrogen-bond donors (Lipinski definition) is 1. The lowest BCUT2D eigenvalue weighted by molar-refractivity contribution is -0.141. The van der Waals surface area contributed by atoms with Crippen LogP contribution in [0.4, 0.5) is 5.82 Å². The van der Waals surface area contributed by atoms with Crippen LogP contribution in [0, 0.1) is 6.92 Å². The van der Waals surface area contributed by atoms with Gasteiger partial charge >= 0.3 is 5.97 Å². The summed E-state index contributed by atoms with van der Waals surface area (Å²) in [5.41, 5.74) is 7.25. The van der Waals surface area contributed by atoms with Gasteiger partial charge in [-0.25, -0.2) is 4.98 Å². The highest BCUT2D eigenvalue weighted by atomic mass is 32.1. The van der Waals surface area contributed by atoms with Crippen LogP contribution >= 0.6 is 12.2 Å². The SMILES string of the molecule is CCOC(=O)CN(c1nc(C)ccc1C(N)=S)C(C)C. The molecule has 20 heavy (non-hydrogen) atoms. The first-order chi connectivity index (χ1) is 9.36. The molecular weight excluding hydrogens is 274 g/mol. The third-order valence-corrected chi connectivity index (χ3v) is 3.00. The lowest BCUT2D eigenvalue weighted by Crippen LogP contribution is -2.38. The van der Waals surface area contributed by atoms with E-state index in [1.54, 1.807) is 6.92 Å². The van der Waals surface area contributed by atoms with Gasteiger partial charge in [0.25, 0.3) is 0 Å². The Balaban J connectivity index is 3.17. The average Bonchev–Trinajstić information content (AvgIpc) is 2.35. The second-order valence-corrected chi connectivity index (χ2v) is 5.15. The topological polar surface area (TPSA) is 68.5 Å². The van der Waals surface area contributed by atoms with E-state index in [1.807, 2.05) is 37.8 Å². The molecule has 0 aromatic carbocycles. The molecule has 0 fully saturated rings. The van der Waals surface area contributed by atoms with E-state index in [9.17, 15) is 4.79 Å². The molecule has 0 aliphatic carbocycles. The Morgan fingerprint density at radius 2 is 2.15 bits per heavy atom. The quantitative estimate of drug-likeness (QED) is 0.637. The molecule has 1 heterocycles. The molecule has 2 N–H and O–H groups in total. The third kappa shape index (κ3) is 4.16. The number of thiocarbonyl (C=S) groups is 1. The van der Waals surface area contributed by atoms with Crippen molar-refractivity contribution in [3.05, 3.63) is 23.4 Å². The van der Waals surface area contributed by atoms with Gasteiger partial charge in [-0.1, -0.05) is 12.2 Å². The summed E-state index contributed by atoms with van der Waals surface area (Å²) in [7, 11) is 0. The van der Waals surface area contributed by atoms with Crippen molar-refractivity contribution in [2.75, 3.05) is 18.1 Å². The molecule has 0 amide bonds. The molecule has 1 aromatic rings. The Bertz CT molecular complexity index is 503. The first-order valence-corrected chi connectivity index (χ1v) is 6.97. The number of ether oxygens (including phenoxy) is 1. The highest BCUT2D eigenvalue weighted by Gasteiger charge is 2.21. The van der Waals surface area contributed by atoms with Gasteiger partial charge in [0.1, 0.15) is 17.4 Å². The summed E-state index contributed by atoms with van der Waals surface area (Å²) in [6.07, 6.45) is 0. The molecule has 0 unspecified atom stereocenters. The predicted molar refractivity (Wildman–Crippen MR) is 84.0 cm³/mol. The molecule has 5 nitrogen and oxygen atoms in total. The summed E-state index contributed by atoms with van der Waals surface area (Å²) in [5.74, 6) is 0.332. The zero-order valence-electron chi connectivity index (χ0n) is 12.3. The molecule has 0 spiro atoms. The summed E-state index contributed by atoms with van der Waals surface area (Å²) in [4.78, 5) is 18.3. The maximum Gasteiger partial charge on any atom is 0.325 e. The van der Waals surface area contributed by atoms with Crippen LogP contribution in [0.2, 0.25) is 0 Å². The molecule has 110 valence electrons. The van der Waals surface area contributed by atoms with Crippen molar-refractivity contribution in [1.82, 2.24) is 4.98 Å². The Morgan fingerprint density at radius 1 is 1.50 bits per heavy atom. The molecule has 0 radical (unpaired) electrons. The van der Waals surface area contributed by atoms with Gasteiger partial charge < -0.3 is 15.4 Å². The van der Waals surface area contributed by atoms with Crippen molar-refractivity contribution in [3.8, 4) is 0 Å². The van der Waals surface area contributed by atoms with Gasteiger partial charge in [0.15, 0.2) is 0 Å². The van der Waals surface area contributed by atoms with E-state index in [0.29, 0.717) is 18.0 Å². The molecule has 1 aromatic heterocycles. The van der Waals surface area contributed by atoms with Crippen molar-refractivity contribution in [1.29, 1.82) is 0 Å². The van der Waals surface area contributed by atoms with Gasteiger partial charge in [-0.05, 0) is 39.8 Å². The number of carbonyl (C=O) groups excluding carboxylic acids is 1. The maximum atomic E-state index is 11.7. The van der Waals surface area contributed by atoms with Crippen LogP contribution in [-0.4, -0.2) is 35.1 Å². The largest absolute Gasteiger partial charge is 0.465 e. The first-order valence-electron chi connectivity index (χ1n) is 6.56. The summed E-state index contributed by atoms with van der Waals surface area (Å²) in [6.45, 7) is 8.10. The lowest BCUT2D eigenvalue weighted by atomic mass is 10.2. The Labute approximate surface area is 125 Å². The standard InChI is InChI=1S/C14H21N3O2S/c1-5-19-12(18)8-17(9(2)3)14-11(13(15)20)7-6-10(4)16-14/h6-7,9H,5,8H2,1-4H3,(H2,15,20). The number of esters is 1. The van der Waals surface area contributed by atoms with Gasteiger partial charge in [0.2, 0.25) is 0 Å². The van der Waals surface area contributed by atoms with E-state index < -0.39 is 0 Å². The number of pyridine rings is 1. The van der Waals surface area contributed by atoms with Crippen LogP contribution in [0.3, 0.4) is 0 Å². The van der Waals surface area contributed by atoms with E-state index in [4.69, 9.17) is 22.7 Å². The van der Waals surface area contributed by atoms with Gasteiger partial charge in [-0.3, -0.25) is 4.79 Å². The number of aromatic nitrogens is 1. The fraction of sp³-hybridized carbons (Fsp3) is 0.500. The molecule has 1 rings (SSSR count). The minimum Gasteiger partial charge on any atom is -0.465 e. The van der Waals surface area contributed by atoms with Gasteiger partial charge in [-0.15, -0.1) is 0 Å². The second-order valence-electron chi connectivity index (χ2n) is 4.71. The van der Waals surface area contributed by atoms with E-state index >= 15 is 0 Å². The minimum atomic E-state index is -0.293. The predicted octanol–water partition coefficient (Wildman–Crippen LogP) is 1.80. The van der Waals surface area contributed by atoms with Gasteiger partial charge in [0, 0.05) is 11.7 Å². The van der Waals surface area contributed by atoms with Crippen molar-refractivity contribution in [2.24, 2.45) is 5.73 Å². The highest BCUT2D eigenvalue weighted by Crippen LogP contribution is 2.21. The molecule has 0 aliphatic heterocycles. The van der Waals surface area contributed by atoms with Gasteiger partial charge in [0.05, 0.1) is 12.2 Å². The zero-order valence-corrected chi connectivity index (χ0v) is 13.2. The van der Waals surface area contributed by atoms with Crippen molar-refractivity contribution < 1.29 is 9.53 Å². The Morgan fingerprint density at radius 3 is 2.65 bits per heavy atom. The summed E-state index contributed by atoms with van der Waals surface area (Å²) in [5, 5.41) is 0. The first kappa shape index (κ1) is 16.4. The monoisotopic (exact) mass is 295 g/mol. The van der Waals surface area contributed by atoms with E-state index in [1.165, 1.54) is 0 Å². The fourth-order valence-corrected chi connectivity index (χ4v) is 1.96. The van der Waals surface area contributed by atoms with Crippen LogP contribution in [-0.2, 0) is 9.53 Å². The number of aryl methyl sites for hydroxylation is 1. The Hall–Kier alpha value is -1.69. The maximum absolute atomic E-state index is 11.7. The zero-order chi connectivity index (χ0) is 15.3. The molecular formula is C14H21N3O2S. The molecule has 0 bridgehead atoms. The molecule has 0 saturated carbocycles. The summed E-state index contributed by atoms with van der Waals surface area (Å²) >= 11 is 5.06. The van der Waals surface area contributed by atoms with Crippen LogP contribution in [0.15, 0.2) is 12.1 Å². The number of hydrogen-bond acceptors (Lipinski definition) is 5. The van der Waals surface area contributed by atoms with Crippen LogP contribution in [0.25, 0.3) is 0 Å². The van der Waals surface area contributed by atoms with Gasteiger partial charge in [-0.2, -0.15) is 0 Å². The molecule has 0 aliphatic rings. The normalized spacial score (nSPS) is 10.4. The van der Waals surface area contributed by atoms with E-state index in [0.717, 1.165) is 5.69 Å². The molecule has 0 atom stereocenters. The third-order valence-electron chi connectivity index (χ3n) is 2.78. The smallest absolute Gasteiger partial charge is 0.325 e. The van der Waals surface area contributed by atoms with Crippen LogP contribution < -0.4 is 10.6 Å². The van der Waals surface area contributed by atoms with Crippen molar-refractivity contribution in [2.45, 2.75) is 33.7 Å². The van der Waals surface area contributed by atoms with Crippen LogP contribution in [0.1, 0.15) is 32.0 Å². The van der Waals surface area contributed by atoms with E-state index in [2.05, 4.69) is 4.98 Å². The summed E-state index contributed by atoms with van der Waals surface area (Å²) in [6, 6.07) is 3.75. The highest BCUT2D eigenvalue weighted by molar-refractivity contribution is 7.80. The molecule has 0 saturated heterocycles. The number of nitrogens with two attached hydrogens (primary N) is 1. The molecule has 6 heteroatoms.